The molecule has 3 rings (SSSR count). The molecule has 0 fully saturated rings. The lowest BCUT2D eigenvalue weighted by atomic mass is 10.1. The Bertz CT molecular complexity index is 933. The summed E-state index contributed by atoms with van der Waals surface area (Å²) >= 11 is 1.27. The Morgan fingerprint density at radius 2 is 1.56 bits per heavy atom. The van der Waals surface area contributed by atoms with Gasteiger partial charge in [0, 0.05) is 6.54 Å². The lowest BCUT2D eigenvalue weighted by Gasteiger charge is -2.06. The number of anilines is 1. The number of Topliss-reactive ketones (excluding diaryl/α,β-unsaturated/α-hetero) is 1. The minimum atomic E-state index is -0.406. The second-order valence-electron chi connectivity index (χ2n) is 6.22. The maximum atomic E-state index is 12.6. The molecular weight excluding hydrogens is 358 g/mol. The average Bonchev–Trinajstić information content (AvgIpc) is 3.02. The number of nitrogens with one attached hydrogen (secondary N) is 1. The van der Waals surface area contributed by atoms with Crippen molar-refractivity contribution in [3.63, 3.8) is 0 Å². The van der Waals surface area contributed by atoms with Crippen LogP contribution < -0.4 is 5.32 Å². The highest BCUT2D eigenvalue weighted by Crippen LogP contribution is 2.34. The molecule has 1 heterocycles. The van der Waals surface area contributed by atoms with Gasteiger partial charge in [0.25, 0.3) is 0 Å². The highest BCUT2D eigenvalue weighted by Gasteiger charge is 2.23. The summed E-state index contributed by atoms with van der Waals surface area (Å²) in [6.07, 6.45) is 0. The standard InChI is InChI=1S/C22H21NO3S/c1-15-19(16(2)24)21(23-13-17-9-5-3-6-10-17)27-20(15)22(25)26-14-18-11-7-4-8-12-18/h3-12,23H,13-14H2,1-2H3. The fourth-order valence-corrected chi connectivity index (χ4v) is 3.97. The molecule has 0 amide bonds. The summed E-state index contributed by atoms with van der Waals surface area (Å²) in [4.78, 5) is 25.1. The van der Waals surface area contributed by atoms with E-state index in [1.807, 2.05) is 60.7 Å². The number of carbonyl (C=O) groups excluding carboxylic acids is 2. The van der Waals surface area contributed by atoms with E-state index >= 15 is 0 Å². The van der Waals surface area contributed by atoms with Gasteiger partial charge in [0.2, 0.25) is 0 Å². The third-order valence-corrected chi connectivity index (χ3v) is 5.42. The van der Waals surface area contributed by atoms with E-state index in [1.54, 1.807) is 6.92 Å². The zero-order valence-corrected chi connectivity index (χ0v) is 16.1. The molecule has 0 atom stereocenters. The fourth-order valence-electron chi connectivity index (χ4n) is 2.82. The molecule has 0 aliphatic rings. The molecule has 0 bridgehead atoms. The Balaban J connectivity index is 1.77. The van der Waals surface area contributed by atoms with E-state index in [0.29, 0.717) is 27.5 Å². The SMILES string of the molecule is CC(=O)c1c(NCc2ccccc2)sc(C(=O)OCc2ccccc2)c1C. The van der Waals surface area contributed by atoms with Crippen molar-refractivity contribution < 1.29 is 14.3 Å². The quantitative estimate of drug-likeness (QED) is 0.451. The lowest BCUT2D eigenvalue weighted by molar-refractivity contribution is 0.0478. The van der Waals surface area contributed by atoms with Gasteiger partial charge in [0.1, 0.15) is 16.5 Å². The molecule has 138 valence electrons. The van der Waals surface area contributed by atoms with E-state index in [2.05, 4.69) is 5.32 Å². The van der Waals surface area contributed by atoms with E-state index in [-0.39, 0.29) is 12.4 Å². The molecule has 0 radical (unpaired) electrons. The molecule has 1 N–H and O–H groups in total. The average molecular weight is 379 g/mol. The Kier molecular flexibility index (Phi) is 6.04. The topological polar surface area (TPSA) is 55.4 Å². The molecule has 3 aromatic rings. The zero-order valence-electron chi connectivity index (χ0n) is 15.3. The van der Waals surface area contributed by atoms with Gasteiger partial charge in [-0.1, -0.05) is 60.7 Å². The monoisotopic (exact) mass is 379 g/mol. The molecular formula is C22H21NO3S. The van der Waals surface area contributed by atoms with E-state index < -0.39 is 5.97 Å². The number of hydrogen-bond acceptors (Lipinski definition) is 5. The normalized spacial score (nSPS) is 10.4. The smallest absolute Gasteiger partial charge is 0.349 e. The summed E-state index contributed by atoms with van der Waals surface area (Å²) in [5, 5.41) is 3.99. The van der Waals surface area contributed by atoms with E-state index in [4.69, 9.17) is 4.74 Å². The van der Waals surface area contributed by atoms with E-state index in [0.717, 1.165) is 11.1 Å². The highest BCUT2D eigenvalue weighted by molar-refractivity contribution is 7.18. The zero-order chi connectivity index (χ0) is 19.2. The lowest BCUT2D eigenvalue weighted by Crippen LogP contribution is -2.06. The van der Waals surface area contributed by atoms with Crippen LogP contribution in [0, 0.1) is 6.92 Å². The Morgan fingerprint density at radius 3 is 2.15 bits per heavy atom. The molecule has 2 aromatic carbocycles. The maximum Gasteiger partial charge on any atom is 0.349 e. The summed E-state index contributed by atoms with van der Waals surface area (Å²) in [6, 6.07) is 19.4. The van der Waals surface area contributed by atoms with Crippen molar-refractivity contribution >= 4 is 28.1 Å². The molecule has 4 nitrogen and oxygen atoms in total. The predicted octanol–water partition coefficient (Wildman–Crippen LogP) is 5.23. The van der Waals surface area contributed by atoms with Crippen LogP contribution in [0.1, 0.15) is 43.6 Å². The third-order valence-electron chi connectivity index (χ3n) is 4.19. The summed E-state index contributed by atoms with van der Waals surface area (Å²) in [5.41, 5.74) is 3.25. The van der Waals surface area contributed by atoms with Gasteiger partial charge in [-0.25, -0.2) is 4.79 Å². The van der Waals surface area contributed by atoms with Gasteiger partial charge in [-0.3, -0.25) is 4.79 Å². The Hall–Kier alpha value is -2.92. The Labute approximate surface area is 162 Å². The van der Waals surface area contributed by atoms with E-state index in [1.165, 1.54) is 18.3 Å². The minimum Gasteiger partial charge on any atom is -0.457 e. The number of ketones is 1. The molecule has 0 aliphatic carbocycles. The minimum absolute atomic E-state index is 0.0681. The molecule has 5 heteroatoms. The fraction of sp³-hybridized carbons (Fsp3) is 0.182. The number of ether oxygens (including phenoxy) is 1. The van der Waals surface area contributed by atoms with Crippen LogP contribution in [0.15, 0.2) is 60.7 Å². The van der Waals surface area contributed by atoms with Crippen LogP contribution in [0.3, 0.4) is 0 Å². The highest BCUT2D eigenvalue weighted by atomic mass is 32.1. The molecule has 0 unspecified atom stereocenters. The largest absolute Gasteiger partial charge is 0.457 e. The van der Waals surface area contributed by atoms with Crippen LogP contribution in [-0.4, -0.2) is 11.8 Å². The summed E-state index contributed by atoms with van der Waals surface area (Å²) in [7, 11) is 0. The van der Waals surface area contributed by atoms with E-state index in [9.17, 15) is 9.59 Å². The van der Waals surface area contributed by atoms with Crippen LogP contribution in [0.25, 0.3) is 0 Å². The van der Waals surface area contributed by atoms with Gasteiger partial charge in [0.05, 0.1) is 5.56 Å². The van der Waals surface area contributed by atoms with Crippen molar-refractivity contribution in [1.29, 1.82) is 0 Å². The first kappa shape index (κ1) is 18.9. The first-order valence-corrected chi connectivity index (χ1v) is 9.51. The predicted molar refractivity (Wildman–Crippen MR) is 108 cm³/mol. The summed E-state index contributed by atoms with van der Waals surface area (Å²) in [6.45, 7) is 4.10. The molecule has 1 aromatic heterocycles. The van der Waals surface area contributed by atoms with Gasteiger partial charge in [-0.2, -0.15) is 0 Å². The van der Waals surface area contributed by atoms with Crippen molar-refractivity contribution in [2.24, 2.45) is 0 Å². The first-order chi connectivity index (χ1) is 13.1. The number of hydrogen-bond donors (Lipinski definition) is 1. The summed E-state index contributed by atoms with van der Waals surface area (Å²) in [5.74, 6) is -0.474. The maximum absolute atomic E-state index is 12.6. The molecule has 27 heavy (non-hydrogen) atoms. The molecule has 0 saturated carbocycles. The number of carbonyl (C=O) groups is 2. The molecule has 0 spiro atoms. The van der Waals surface area contributed by atoms with Crippen LogP contribution in [0.5, 0.6) is 0 Å². The van der Waals surface area contributed by atoms with Crippen LogP contribution in [0.4, 0.5) is 5.00 Å². The van der Waals surface area contributed by atoms with Crippen molar-refractivity contribution in [3.8, 4) is 0 Å². The van der Waals surface area contributed by atoms with Gasteiger partial charge in [0.15, 0.2) is 5.78 Å². The van der Waals surface area contributed by atoms with Gasteiger partial charge in [-0.15, -0.1) is 11.3 Å². The van der Waals surface area contributed by atoms with Gasteiger partial charge >= 0.3 is 5.97 Å². The van der Waals surface area contributed by atoms with Crippen LogP contribution >= 0.6 is 11.3 Å². The Morgan fingerprint density at radius 1 is 0.963 bits per heavy atom. The molecule has 0 saturated heterocycles. The summed E-state index contributed by atoms with van der Waals surface area (Å²) < 4.78 is 5.44. The molecule has 0 aliphatic heterocycles. The van der Waals surface area contributed by atoms with Crippen molar-refractivity contribution in [1.82, 2.24) is 0 Å². The van der Waals surface area contributed by atoms with Gasteiger partial charge < -0.3 is 10.1 Å². The second kappa shape index (κ2) is 8.64. The number of esters is 1. The van der Waals surface area contributed by atoms with Crippen molar-refractivity contribution in [3.05, 3.63) is 87.8 Å². The first-order valence-electron chi connectivity index (χ1n) is 8.69. The van der Waals surface area contributed by atoms with Gasteiger partial charge in [-0.05, 0) is 30.5 Å². The van der Waals surface area contributed by atoms with Crippen LogP contribution in [-0.2, 0) is 17.9 Å². The third kappa shape index (κ3) is 4.63. The number of benzene rings is 2. The number of rotatable bonds is 7. The second-order valence-corrected chi connectivity index (χ2v) is 7.24. The van der Waals surface area contributed by atoms with Crippen molar-refractivity contribution in [2.45, 2.75) is 27.0 Å². The van der Waals surface area contributed by atoms with Crippen LogP contribution in [0.2, 0.25) is 0 Å². The van der Waals surface area contributed by atoms with Crippen molar-refractivity contribution in [2.75, 3.05) is 5.32 Å². The number of thiophene rings is 1.